The Hall–Kier alpha value is -4.51. The molecule has 14 heteroatoms. The van der Waals surface area contributed by atoms with Gasteiger partial charge in [0.1, 0.15) is 11.3 Å². The van der Waals surface area contributed by atoms with Crippen LogP contribution < -0.4 is 15.4 Å². The van der Waals surface area contributed by atoms with Gasteiger partial charge < -0.3 is 14.7 Å². The first kappa shape index (κ1) is 31.9. The number of rotatable bonds is 6. The van der Waals surface area contributed by atoms with Crippen LogP contribution in [-0.2, 0) is 11.0 Å². The minimum Gasteiger partial charge on any atom is -0.352 e. The Labute approximate surface area is 259 Å². The lowest BCUT2D eigenvalue weighted by Crippen LogP contribution is -2.63. The molecule has 3 aromatic rings. The van der Waals surface area contributed by atoms with E-state index in [2.05, 4.69) is 48.4 Å². The van der Waals surface area contributed by atoms with E-state index in [1.807, 2.05) is 16.8 Å². The maximum absolute atomic E-state index is 14.1. The summed E-state index contributed by atoms with van der Waals surface area (Å²) in [5, 5.41) is 13.9. The second-order valence-electron chi connectivity index (χ2n) is 12.5. The van der Waals surface area contributed by atoms with Crippen LogP contribution in [0.3, 0.4) is 0 Å². The van der Waals surface area contributed by atoms with Crippen molar-refractivity contribution in [3.63, 3.8) is 0 Å². The minimum atomic E-state index is -4.72. The van der Waals surface area contributed by atoms with Gasteiger partial charge in [0.15, 0.2) is 0 Å². The van der Waals surface area contributed by atoms with Crippen molar-refractivity contribution in [2.45, 2.75) is 57.9 Å². The second kappa shape index (κ2) is 11.8. The molecule has 238 valence electrons. The van der Waals surface area contributed by atoms with Gasteiger partial charge in [-0.15, -0.1) is 0 Å². The summed E-state index contributed by atoms with van der Waals surface area (Å²) < 4.78 is 43.1. The highest BCUT2D eigenvalue weighted by Gasteiger charge is 2.39. The van der Waals surface area contributed by atoms with Crippen LogP contribution in [0.25, 0.3) is 16.6 Å². The number of aryl methyl sites for hydroxylation is 1. The molecule has 0 spiro atoms. The van der Waals surface area contributed by atoms with E-state index in [9.17, 15) is 28.0 Å². The normalized spacial score (nSPS) is 17.9. The molecule has 2 aliphatic heterocycles. The Kier molecular flexibility index (Phi) is 8.35. The van der Waals surface area contributed by atoms with Crippen LogP contribution >= 0.6 is 0 Å². The summed E-state index contributed by atoms with van der Waals surface area (Å²) in [6.45, 7) is 13.3. The highest BCUT2D eigenvalue weighted by atomic mass is 19.4. The first-order chi connectivity index (χ1) is 21.1. The molecule has 1 amide bonds. The van der Waals surface area contributed by atoms with Gasteiger partial charge in [-0.05, 0) is 52.4 Å². The van der Waals surface area contributed by atoms with Gasteiger partial charge in [0, 0.05) is 44.3 Å². The molecule has 0 saturated carbocycles. The molecular weight excluding hydrogens is 587 g/mol. The van der Waals surface area contributed by atoms with E-state index in [0.717, 1.165) is 4.68 Å². The molecule has 0 radical (unpaired) electrons. The van der Waals surface area contributed by atoms with E-state index in [4.69, 9.17) is 4.98 Å². The van der Waals surface area contributed by atoms with Gasteiger partial charge in [-0.2, -0.15) is 33.2 Å². The van der Waals surface area contributed by atoms with Crippen LogP contribution in [0.15, 0.2) is 41.8 Å². The summed E-state index contributed by atoms with van der Waals surface area (Å²) in [6, 6.07) is 5.86. The zero-order chi connectivity index (χ0) is 32.8. The Balaban J connectivity index is 1.64. The Morgan fingerprint density at radius 3 is 2.49 bits per heavy atom. The number of carbonyl (C=O) groups excluding carboxylic acids is 1. The van der Waals surface area contributed by atoms with Crippen LogP contribution in [0.2, 0.25) is 0 Å². The van der Waals surface area contributed by atoms with Crippen molar-refractivity contribution >= 4 is 28.6 Å². The van der Waals surface area contributed by atoms with Crippen molar-refractivity contribution in [3.05, 3.63) is 58.5 Å². The average Bonchev–Trinajstić information content (AvgIpc) is 2.95. The van der Waals surface area contributed by atoms with Crippen molar-refractivity contribution in [2.24, 2.45) is 0 Å². The van der Waals surface area contributed by atoms with Gasteiger partial charge in [0.05, 0.1) is 41.4 Å². The molecule has 5 rings (SSSR count). The van der Waals surface area contributed by atoms with Gasteiger partial charge in [0.25, 0.3) is 5.56 Å². The standard InChI is InChI=1S/C31H36F3N9O2/c1-7-24(44)42-14-13-40(16-20(42)11-12-35)27-22-15-36-43(23-10-8-9-19(2)25(23)31(32,33)34)28(45)26(22)37-29(38-27)41-17-21(18-41)39(6)30(3,4)5/h7-10,15,20-21H,1,11,13-14,16-18H2,2-6H3/t20-/m0/s1. The number of fused-ring (bicyclic) bond motifs is 1. The van der Waals surface area contributed by atoms with Crippen molar-refractivity contribution in [2.75, 3.05) is 49.6 Å². The van der Waals surface area contributed by atoms with Crippen LogP contribution in [0, 0.1) is 18.3 Å². The van der Waals surface area contributed by atoms with E-state index in [0.29, 0.717) is 25.5 Å². The predicted molar refractivity (Wildman–Crippen MR) is 164 cm³/mol. The molecule has 2 fully saturated rings. The fourth-order valence-electron chi connectivity index (χ4n) is 5.89. The molecule has 2 saturated heterocycles. The highest BCUT2D eigenvalue weighted by molar-refractivity contribution is 5.90. The molecular formula is C31H36F3N9O2. The summed E-state index contributed by atoms with van der Waals surface area (Å²) >= 11 is 0. The molecule has 1 atom stereocenters. The number of benzene rings is 1. The number of anilines is 2. The monoisotopic (exact) mass is 623 g/mol. The molecule has 45 heavy (non-hydrogen) atoms. The number of hydrogen-bond donors (Lipinski definition) is 0. The number of carbonyl (C=O) groups is 1. The van der Waals surface area contributed by atoms with Gasteiger partial charge >= 0.3 is 6.18 Å². The van der Waals surface area contributed by atoms with Crippen LogP contribution in [0.5, 0.6) is 0 Å². The number of piperazine rings is 1. The van der Waals surface area contributed by atoms with Crippen molar-refractivity contribution in [3.8, 4) is 11.8 Å². The zero-order valence-electron chi connectivity index (χ0n) is 26.0. The lowest BCUT2D eigenvalue weighted by atomic mass is 10.00. The number of alkyl halides is 3. The summed E-state index contributed by atoms with van der Waals surface area (Å²) in [7, 11) is 2.04. The molecule has 2 aliphatic rings. The molecule has 11 nitrogen and oxygen atoms in total. The number of nitrogens with zero attached hydrogens (tertiary/aromatic N) is 9. The van der Waals surface area contributed by atoms with Gasteiger partial charge in [-0.25, -0.2) is 4.98 Å². The molecule has 4 heterocycles. The number of amides is 1. The Morgan fingerprint density at radius 1 is 1.16 bits per heavy atom. The summed E-state index contributed by atoms with van der Waals surface area (Å²) in [4.78, 5) is 43.6. The summed E-state index contributed by atoms with van der Waals surface area (Å²) in [5.74, 6) is 0.349. The average molecular weight is 624 g/mol. The molecule has 0 bridgehead atoms. The molecule has 0 unspecified atom stereocenters. The fourth-order valence-corrected chi connectivity index (χ4v) is 5.89. The van der Waals surface area contributed by atoms with Crippen molar-refractivity contribution in [1.29, 1.82) is 5.26 Å². The third-order valence-electron chi connectivity index (χ3n) is 8.69. The van der Waals surface area contributed by atoms with Crippen molar-refractivity contribution in [1.82, 2.24) is 29.5 Å². The minimum absolute atomic E-state index is 0.0390. The van der Waals surface area contributed by atoms with Gasteiger partial charge in [-0.1, -0.05) is 18.7 Å². The van der Waals surface area contributed by atoms with Gasteiger partial charge in [0.2, 0.25) is 11.9 Å². The number of halogens is 3. The molecule has 0 N–H and O–H groups in total. The largest absolute Gasteiger partial charge is 0.418 e. The lowest BCUT2D eigenvalue weighted by Gasteiger charge is -2.49. The van der Waals surface area contributed by atoms with Crippen LogP contribution in [0.4, 0.5) is 24.9 Å². The SMILES string of the molecule is C=CC(=O)N1CCN(c2nc(N3CC(N(C)C(C)(C)C)C3)nc3c(=O)n(-c4cccc(C)c4C(F)(F)F)ncc23)C[C@@H]1CC#N. The van der Waals surface area contributed by atoms with Crippen molar-refractivity contribution < 1.29 is 18.0 Å². The van der Waals surface area contributed by atoms with E-state index in [-0.39, 0.29) is 59.4 Å². The Morgan fingerprint density at radius 2 is 1.87 bits per heavy atom. The van der Waals surface area contributed by atoms with E-state index >= 15 is 0 Å². The summed E-state index contributed by atoms with van der Waals surface area (Å²) in [6.07, 6.45) is -2.13. The molecule has 0 aliphatic carbocycles. The predicted octanol–water partition coefficient (Wildman–Crippen LogP) is 3.54. The number of hydrogen-bond acceptors (Lipinski definition) is 9. The molecule has 2 aromatic heterocycles. The van der Waals surface area contributed by atoms with Crippen LogP contribution in [-0.4, -0.2) is 92.8 Å². The second-order valence-corrected chi connectivity index (χ2v) is 12.5. The topological polar surface area (TPSA) is 114 Å². The maximum atomic E-state index is 14.1. The first-order valence-electron chi connectivity index (χ1n) is 14.7. The maximum Gasteiger partial charge on any atom is 0.418 e. The molecule has 1 aromatic carbocycles. The van der Waals surface area contributed by atoms with E-state index < -0.39 is 29.0 Å². The third kappa shape index (κ3) is 5.96. The summed E-state index contributed by atoms with van der Waals surface area (Å²) in [5.41, 5.74) is -2.35. The van der Waals surface area contributed by atoms with E-state index in [1.165, 1.54) is 37.4 Å². The lowest BCUT2D eigenvalue weighted by molar-refractivity contribution is -0.138. The number of likely N-dealkylation sites (N-methyl/N-ethyl adjacent to an activating group) is 1. The highest BCUT2D eigenvalue weighted by Crippen LogP contribution is 2.36. The quantitative estimate of drug-likeness (QED) is 0.381. The Bertz CT molecular complexity index is 1740. The first-order valence-corrected chi connectivity index (χ1v) is 14.7. The third-order valence-corrected chi connectivity index (χ3v) is 8.69. The smallest absolute Gasteiger partial charge is 0.352 e. The number of nitriles is 1. The van der Waals surface area contributed by atoms with Gasteiger partial charge in [-0.3, -0.25) is 14.5 Å². The number of aromatic nitrogens is 4. The zero-order valence-corrected chi connectivity index (χ0v) is 26.0. The fraction of sp³-hybridized carbons (Fsp3) is 0.484. The van der Waals surface area contributed by atoms with Crippen LogP contribution in [0.1, 0.15) is 38.3 Å². The van der Waals surface area contributed by atoms with E-state index in [1.54, 1.807) is 4.90 Å².